The Morgan fingerprint density at radius 2 is 2.31 bits per heavy atom. The van der Waals surface area contributed by atoms with Crippen LogP contribution in [-0.4, -0.2) is 19.0 Å². The lowest BCUT2D eigenvalue weighted by molar-refractivity contribution is 0.628. The van der Waals surface area contributed by atoms with E-state index in [1.165, 1.54) is 12.1 Å². The summed E-state index contributed by atoms with van der Waals surface area (Å²) in [5.41, 5.74) is 6.38. The van der Waals surface area contributed by atoms with E-state index in [1.807, 2.05) is 6.07 Å². The number of nitrogens with zero attached hydrogens (tertiary/aromatic N) is 2. The molecular weight excluding hydrogens is 169 g/mol. The topological polar surface area (TPSA) is 41.6 Å². The second kappa shape index (κ2) is 3.05. The third-order valence-electron chi connectivity index (χ3n) is 1.99. The van der Waals surface area contributed by atoms with E-state index < -0.39 is 0 Å². The molecule has 0 aliphatic carbocycles. The molecule has 2 N–H and O–H groups in total. The molecule has 2 rings (SSSR count). The Morgan fingerprint density at radius 1 is 1.46 bits per heavy atom. The fourth-order valence-corrected chi connectivity index (χ4v) is 1.37. The standard InChI is InChI=1S/C9H10FN3/c10-7-2-1-3-8(6-7)13-5-4-12-9(13)11/h1-3,6H,4-5H2,(H2,11,12). The number of hydrogen-bond donors (Lipinski definition) is 1. The summed E-state index contributed by atoms with van der Waals surface area (Å²) < 4.78 is 12.8. The van der Waals surface area contributed by atoms with Crippen LogP contribution in [0.15, 0.2) is 29.3 Å². The lowest BCUT2D eigenvalue weighted by Crippen LogP contribution is -2.33. The smallest absolute Gasteiger partial charge is 0.195 e. The van der Waals surface area contributed by atoms with Crippen molar-refractivity contribution < 1.29 is 4.39 Å². The fourth-order valence-electron chi connectivity index (χ4n) is 1.37. The van der Waals surface area contributed by atoms with E-state index in [9.17, 15) is 4.39 Å². The van der Waals surface area contributed by atoms with Crippen molar-refractivity contribution in [2.45, 2.75) is 0 Å². The van der Waals surface area contributed by atoms with Gasteiger partial charge in [-0.2, -0.15) is 0 Å². The van der Waals surface area contributed by atoms with Gasteiger partial charge in [0.1, 0.15) is 5.82 Å². The van der Waals surface area contributed by atoms with Crippen LogP contribution in [-0.2, 0) is 0 Å². The maximum absolute atomic E-state index is 12.8. The lowest BCUT2D eigenvalue weighted by Gasteiger charge is -2.16. The van der Waals surface area contributed by atoms with Gasteiger partial charge < -0.3 is 10.6 Å². The fraction of sp³-hybridized carbons (Fsp3) is 0.222. The molecule has 3 nitrogen and oxygen atoms in total. The van der Waals surface area contributed by atoms with Crippen molar-refractivity contribution >= 4 is 11.6 Å². The predicted molar refractivity (Wildman–Crippen MR) is 50.2 cm³/mol. The maximum atomic E-state index is 12.8. The molecule has 0 aromatic heterocycles. The zero-order chi connectivity index (χ0) is 9.26. The minimum Gasteiger partial charge on any atom is -0.370 e. The van der Waals surface area contributed by atoms with Crippen LogP contribution in [0, 0.1) is 5.82 Å². The van der Waals surface area contributed by atoms with Crippen molar-refractivity contribution in [2.75, 3.05) is 18.0 Å². The molecule has 0 atom stereocenters. The Kier molecular flexibility index (Phi) is 1.88. The number of nitrogens with two attached hydrogens (primary N) is 1. The molecule has 1 aliphatic rings. The molecule has 68 valence electrons. The summed E-state index contributed by atoms with van der Waals surface area (Å²) in [4.78, 5) is 5.82. The van der Waals surface area contributed by atoms with E-state index in [0.717, 1.165) is 12.2 Å². The van der Waals surface area contributed by atoms with Gasteiger partial charge in [0.05, 0.1) is 6.54 Å². The summed E-state index contributed by atoms with van der Waals surface area (Å²) in [7, 11) is 0. The normalized spacial score (nSPS) is 16.1. The van der Waals surface area contributed by atoms with Crippen LogP contribution in [0.4, 0.5) is 10.1 Å². The summed E-state index contributed by atoms with van der Waals surface area (Å²) in [5, 5.41) is 0. The van der Waals surface area contributed by atoms with Gasteiger partial charge in [-0.15, -0.1) is 0 Å². The first-order chi connectivity index (χ1) is 6.27. The molecule has 1 heterocycles. The van der Waals surface area contributed by atoms with Crippen LogP contribution in [0.1, 0.15) is 0 Å². The Labute approximate surface area is 75.7 Å². The number of rotatable bonds is 1. The van der Waals surface area contributed by atoms with E-state index in [4.69, 9.17) is 5.73 Å². The number of anilines is 1. The molecule has 1 aliphatic heterocycles. The second-order valence-corrected chi connectivity index (χ2v) is 2.87. The Balaban J connectivity index is 2.30. The van der Waals surface area contributed by atoms with Gasteiger partial charge in [0.15, 0.2) is 5.96 Å². The number of halogens is 1. The quantitative estimate of drug-likeness (QED) is 0.697. The van der Waals surface area contributed by atoms with E-state index in [-0.39, 0.29) is 5.82 Å². The average molecular weight is 179 g/mol. The van der Waals surface area contributed by atoms with E-state index in [0.29, 0.717) is 12.5 Å². The van der Waals surface area contributed by atoms with Crippen molar-refractivity contribution in [3.63, 3.8) is 0 Å². The zero-order valence-corrected chi connectivity index (χ0v) is 7.07. The van der Waals surface area contributed by atoms with Crippen LogP contribution >= 0.6 is 0 Å². The van der Waals surface area contributed by atoms with Crippen LogP contribution in [0.25, 0.3) is 0 Å². The first-order valence-electron chi connectivity index (χ1n) is 4.10. The Hall–Kier alpha value is -1.58. The first-order valence-corrected chi connectivity index (χ1v) is 4.10. The molecule has 0 saturated carbocycles. The molecular formula is C9H10FN3. The van der Waals surface area contributed by atoms with Gasteiger partial charge >= 0.3 is 0 Å². The van der Waals surface area contributed by atoms with Crippen molar-refractivity contribution in [1.29, 1.82) is 0 Å². The highest BCUT2D eigenvalue weighted by Crippen LogP contribution is 2.16. The Bertz CT molecular complexity index is 348. The number of guanidine groups is 1. The van der Waals surface area contributed by atoms with Gasteiger partial charge in [-0.3, -0.25) is 4.99 Å². The second-order valence-electron chi connectivity index (χ2n) is 2.87. The lowest BCUT2D eigenvalue weighted by atomic mass is 10.3. The van der Waals surface area contributed by atoms with Crippen LogP contribution in [0.5, 0.6) is 0 Å². The summed E-state index contributed by atoms with van der Waals surface area (Å²) in [6, 6.07) is 6.34. The van der Waals surface area contributed by atoms with Gasteiger partial charge in [-0.25, -0.2) is 4.39 Å². The Morgan fingerprint density at radius 3 is 2.92 bits per heavy atom. The summed E-state index contributed by atoms with van der Waals surface area (Å²) >= 11 is 0. The first kappa shape index (κ1) is 8.04. The molecule has 0 spiro atoms. The molecule has 4 heteroatoms. The molecule has 1 aromatic rings. The van der Waals surface area contributed by atoms with E-state index in [2.05, 4.69) is 4.99 Å². The molecule has 0 unspecified atom stereocenters. The highest BCUT2D eigenvalue weighted by molar-refractivity contribution is 5.96. The van der Waals surface area contributed by atoms with Crippen molar-refractivity contribution in [3.05, 3.63) is 30.1 Å². The minimum absolute atomic E-state index is 0.253. The van der Waals surface area contributed by atoms with Gasteiger partial charge in [-0.05, 0) is 18.2 Å². The van der Waals surface area contributed by atoms with Crippen molar-refractivity contribution in [2.24, 2.45) is 10.7 Å². The minimum atomic E-state index is -0.253. The summed E-state index contributed by atoms with van der Waals surface area (Å²) in [6.07, 6.45) is 0. The molecule has 0 amide bonds. The van der Waals surface area contributed by atoms with Gasteiger partial charge in [0.2, 0.25) is 0 Å². The predicted octanol–water partition coefficient (Wildman–Crippen LogP) is 0.960. The highest BCUT2D eigenvalue weighted by Gasteiger charge is 2.15. The SMILES string of the molecule is NC1=NCCN1c1cccc(F)c1. The number of benzene rings is 1. The molecule has 0 radical (unpaired) electrons. The third kappa shape index (κ3) is 1.47. The van der Waals surface area contributed by atoms with E-state index in [1.54, 1.807) is 11.0 Å². The average Bonchev–Trinajstić information content (AvgIpc) is 2.51. The largest absolute Gasteiger partial charge is 0.370 e. The molecule has 0 saturated heterocycles. The van der Waals surface area contributed by atoms with Gasteiger partial charge in [-0.1, -0.05) is 6.07 Å². The van der Waals surface area contributed by atoms with Crippen molar-refractivity contribution in [1.82, 2.24) is 0 Å². The van der Waals surface area contributed by atoms with Gasteiger partial charge in [0, 0.05) is 12.2 Å². The summed E-state index contributed by atoms with van der Waals surface area (Å²) in [6.45, 7) is 1.41. The zero-order valence-electron chi connectivity index (χ0n) is 7.07. The number of aliphatic imine (C=N–C) groups is 1. The highest BCUT2D eigenvalue weighted by atomic mass is 19.1. The number of hydrogen-bond acceptors (Lipinski definition) is 3. The maximum Gasteiger partial charge on any atom is 0.195 e. The van der Waals surface area contributed by atoms with Gasteiger partial charge in [0.25, 0.3) is 0 Å². The van der Waals surface area contributed by atoms with Crippen molar-refractivity contribution in [3.8, 4) is 0 Å². The van der Waals surface area contributed by atoms with Crippen LogP contribution in [0.2, 0.25) is 0 Å². The summed E-state index contributed by atoms with van der Waals surface area (Å²) in [5.74, 6) is 0.211. The molecule has 0 fully saturated rings. The molecule has 1 aromatic carbocycles. The van der Waals surface area contributed by atoms with E-state index >= 15 is 0 Å². The van der Waals surface area contributed by atoms with Crippen LogP contribution < -0.4 is 10.6 Å². The third-order valence-corrected chi connectivity index (χ3v) is 1.99. The van der Waals surface area contributed by atoms with Crippen LogP contribution in [0.3, 0.4) is 0 Å². The molecule has 0 bridgehead atoms. The monoisotopic (exact) mass is 179 g/mol. The molecule has 13 heavy (non-hydrogen) atoms.